The highest BCUT2D eigenvalue weighted by Gasteiger charge is 2.15. The summed E-state index contributed by atoms with van der Waals surface area (Å²) in [4.78, 5) is 19.5. The van der Waals surface area contributed by atoms with Gasteiger partial charge in [-0.05, 0) is 62.5 Å². The summed E-state index contributed by atoms with van der Waals surface area (Å²) in [7, 11) is 0. The van der Waals surface area contributed by atoms with Gasteiger partial charge in [0.25, 0.3) is 0 Å². The minimum atomic E-state index is -0.923. The van der Waals surface area contributed by atoms with E-state index in [4.69, 9.17) is 0 Å². The van der Waals surface area contributed by atoms with Crippen LogP contribution in [0.25, 0.3) is 22.4 Å². The molecule has 0 atom stereocenters. The smallest absolute Gasteiger partial charge is 0.224 e. The van der Waals surface area contributed by atoms with Crippen LogP contribution in [0.15, 0.2) is 36.4 Å². The average molecular weight is 384 g/mol. The predicted octanol–water partition coefficient (Wildman–Crippen LogP) is 4.23. The number of hydrogen-bond donors (Lipinski definition) is 3. The maximum atomic E-state index is 13.4. The number of fused-ring (bicyclic) bond motifs is 1. The first-order chi connectivity index (χ1) is 13.6. The summed E-state index contributed by atoms with van der Waals surface area (Å²) in [6.45, 7) is 2.07. The van der Waals surface area contributed by atoms with Crippen molar-refractivity contribution in [3.63, 3.8) is 0 Å². The average Bonchev–Trinajstić information content (AvgIpc) is 3.11. The molecule has 4 rings (SSSR count). The quantitative estimate of drug-likeness (QED) is 0.617. The SMILES string of the molecule is O=C(CCC1CCNCC1)Nc1ccc(-c2nc3cc(F)c(F)cc3[nH]2)cc1. The Labute approximate surface area is 161 Å². The Balaban J connectivity index is 1.38. The summed E-state index contributed by atoms with van der Waals surface area (Å²) in [5.74, 6) is -0.680. The number of carbonyl (C=O) groups excluding carboxylic acids is 1. The molecule has 1 saturated heterocycles. The van der Waals surface area contributed by atoms with Crippen molar-refractivity contribution < 1.29 is 13.6 Å². The van der Waals surface area contributed by atoms with Crippen molar-refractivity contribution in [2.75, 3.05) is 18.4 Å². The van der Waals surface area contributed by atoms with E-state index in [1.54, 1.807) is 12.1 Å². The zero-order chi connectivity index (χ0) is 19.5. The van der Waals surface area contributed by atoms with Crippen LogP contribution in [-0.4, -0.2) is 29.0 Å². The number of anilines is 1. The molecule has 0 saturated carbocycles. The topological polar surface area (TPSA) is 69.8 Å². The molecule has 3 aromatic rings. The number of imidazole rings is 1. The van der Waals surface area contributed by atoms with E-state index in [9.17, 15) is 13.6 Å². The third-order valence-corrected chi connectivity index (χ3v) is 5.20. The van der Waals surface area contributed by atoms with Crippen LogP contribution >= 0.6 is 0 Å². The molecule has 7 heteroatoms. The van der Waals surface area contributed by atoms with Crippen LogP contribution < -0.4 is 10.6 Å². The van der Waals surface area contributed by atoms with Crippen molar-refractivity contribution >= 4 is 22.6 Å². The molecule has 1 aliphatic rings. The van der Waals surface area contributed by atoms with Crippen LogP contribution in [0.5, 0.6) is 0 Å². The van der Waals surface area contributed by atoms with E-state index in [1.165, 1.54) is 0 Å². The summed E-state index contributed by atoms with van der Waals surface area (Å²) in [5.41, 5.74) is 2.28. The Hall–Kier alpha value is -2.80. The van der Waals surface area contributed by atoms with Gasteiger partial charge in [0.05, 0.1) is 11.0 Å². The molecule has 0 spiro atoms. The largest absolute Gasteiger partial charge is 0.338 e. The van der Waals surface area contributed by atoms with Crippen molar-refractivity contribution in [2.24, 2.45) is 5.92 Å². The molecule has 1 fully saturated rings. The van der Waals surface area contributed by atoms with Gasteiger partial charge in [-0.3, -0.25) is 4.79 Å². The van der Waals surface area contributed by atoms with Crippen LogP contribution in [0.2, 0.25) is 0 Å². The first-order valence-electron chi connectivity index (χ1n) is 9.54. The molecular weight excluding hydrogens is 362 g/mol. The molecule has 0 radical (unpaired) electrons. The molecule has 1 aliphatic heterocycles. The molecule has 1 amide bonds. The molecule has 3 N–H and O–H groups in total. The fourth-order valence-corrected chi connectivity index (χ4v) is 3.58. The van der Waals surface area contributed by atoms with Crippen LogP contribution in [0.3, 0.4) is 0 Å². The molecular formula is C21H22F2N4O. The number of carbonyl (C=O) groups is 1. The van der Waals surface area contributed by atoms with Gasteiger partial charge >= 0.3 is 0 Å². The lowest BCUT2D eigenvalue weighted by Crippen LogP contribution is -2.28. The number of halogens is 2. The van der Waals surface area contributed by atoms with E-state index in [-0.39, 0.29) is 5.91 Å². The molecule has 5 nitrogen and oxygen atoms in total. The molecule has 2 aromatic carbocycles. The minimum Gasteiger partial charge on any atom is -0.338 e. The van der Waals surface area contributed by atoms with Gasteiger partial charge in [-0.1, -0.05) is 0 Å². The molecule has 2 heterocycles. The zero-order valence-electron chi connectivity index (χ0n) is 15.4. The highest BCUT2D eigenvalue weighted by molar-refractivity contribution is 5.91. The van der Waals surface area contributed by atoms with E-state index in [0.717, 1.165) is 50.0 Å². The van der Waals surface area contributed by atoms with Crippen molar-refractivity contribution in [2.45, 2.75) is 25.7 Å². The lowest BCUT2D eigenvalue weighted by atomic mass is 9.93. The Morgan fingerprint density at radius 1 is 1.11 bits per heavy atom. The molecule has 146 valence electrons. The molecule has 28 heavy (non-hydrogen) atoms. The van der Waals surface area contributed by atoms with Crippen molar-refractivity contribution in [3.05, 3.63) is 48.0 Å². The van der Waals surface area contributed by atoms with Gasteiger partial charge in [0.15, 0.2) is 11.6 Å². The maximum absolute atomic E-state index is 13.4. The Morgan fingerprint density at radius 2 is 1.82 bits per heavy atom. The number of nitrogens with zero attached hydrogens (tertiary/aromatic N) is 1. The lowest BCUT2D eigenvalue weighted by Gasteiger charge is -2.22. The monoisotopic (exact) mass is 384 g/mol. The molecule has 0 unspecified atom stereocenters. The molecule has 0 aliphatic carbocycles. The van der Waals surface area contributed by atoms with Crippen LogP contribution in [0, 0.1) is 17.6 Å². The standard InChI is InChI=1S/C21H22F2N4O/c22-16-11-18-19(12-17(16)23)27-21(26-18)14-2-4-15(5-3-14)25-20(28)6-1-13-7-9-24-10-8-13/h2-5,11-13,24H,1,6-10H2,(H,25,28)(H,26,27). The van der Waals surface area contributed by atoms with Crippen molar-refractivity contribution in [3.8, 4) is 11.4 Å². The summed E-state index contributed by atoms with van der Waals surface area (Å²) >= 11 is 0. The number of piperidine rings is 1. The number of H-pyrrole nitrogens is 1. The normalized spacial score (nSPS) is 15.1. The predicted molar refractivity (Wildman–Crippen MR) is 105 cm³/mol. The third-order valence-electron chi connectivity index (χ3n) is 5.20. The number of aromatic amines is 1. The second kappa shape index (κ2) is 8.06. The highest BCUT2D eigenvalue weighted by atomic mass is 19.2. The highest BCUT2D eigenvalue weighted by Crippen LogP contribution is 2.24. The van der Waals surface area contributed by atoms with E-state index in [2.05, 4.69) is 20.6 Å². The van der Waals surface area contributed by atoms with Gasteiger partial charge < -0.3 is 15.6 Å². The van der Waals surface area contributed by atoms with Crippen LogP contribution in [0.1, 0.15) is 25.7 Å². The number of benzene rings is 2. The van der Waals surface area contributed by atoms with Crippen molar-refractivity contribution in [1.29, 1.82) is 0 Å². The molecule has 0 bridgehead atoms. The van der Waals surface area contributed by atoms with Crippen LogP contribution in [-0.2, 0) is 4.79 Å². The second-order valence-electron chi connectivity index (χ2n) is 7.23. The summed E-state index contributed by atoms with van der Waals surface area (Å²) in [6, 6.07) is 9.39. The number of rotatable bonds is 5. The Morgan fingerprint density at radius 3 is 2.57 bits per heavy atom. The number of amides is 1. The fourth-order valence-electron chi connectivity index (χ4n) is 3.58. The van der Waals surface area contributed by atoms with E-state index < -0.39 is 11.6 Å². The maximum Gasteiger partial charge on any atom is 0.224 e. The third kappa shape index (κ3) is 4.20. The van der Waals surface area contributed by atoms with Gasteiger partial charge in [-0.25, -0.2) is 13.8 Å². The van der Waals surface area contributed by atoms with Gasteiger partial charge in [-0.15, -0.1) is 0 Å². The van der Waals surface area contributed by atoms with Crippen LogP contribution in [0.4, 0.5) is 14.5 Å². The van der Waals surface area contributed by atoms with Gasteiger partial charge in [0.1, 0.15) is 5.82 Å². The van der Waals surface area contributed by atoms with E-state index in [1.807, 2.05) is 12.1 Å². The first kappa shape index (κ1) is 18.6. The lowest BCUT2D eigenvalue weighted by molar-refractivity contribution is -0.116. The summed E-state index contributed by atoms with van der Waals surface area (Å²) in [5, 5.41) is 6.25. The summed E-state index contributed by atoms with van der Waals surface area (Å²) < 4.78 is 26.7. The van der Waals surface area contributed by atoms with E-state index in [0.29, 0.717) is 34.9 Å². The van der Waals surface area contributed by atoms with Gasteiger partial charge in [0.2, 0.25) is 5.91 Å². The van der Waals surface area contributed by atoms with E-state index >= 15 is 0 Å². The minimum absolute atomic E-state index is 0.0148. The zero-order valence-corrected chi connectivity index (χ0v) is 15.4. The van der Waals surface area contributed by atoms with Gasteiger partial charge in [-0.2, -0.15) is 0 Å². The van der Waals surface area contributed by atoms with Crippen molar-refractivity contribution in [1.82, 2.24) is 15.3 Å². The molecule has 1 aromatic heterocycles. The Kier molecular flexibility index (Phi) is 5.34. The van der Waals surface area contributed by atoms with Gasteiger partial charge in [0, 0.05) is 29.8 Å². The summed E-state index contributed by atoms with van der Waals surface area (Å²) in [6.07, 6.45) is 3.70. The first-order valence-corrected chi connectivity index (χ1v) is 9.54. The second-order valence-corrected chi connectivity index (χ2v) is 7.23. The number of nitrogens with one attached hydrogen (secondary N) is 3. The number of hydrogen-bond acceptors (Lipinski definition) is 3. The Bertz CT molecular complexity index is 939. The number of aromatic nitrogens is 2. The fraction of sp³-hybridized carbons (Fsp3) is 0.333.